The highest BCUT2D eigenvalue weighted by molar-refractivity contribution is 5.92. The van der Waals surface area contributed by atoms with Crippen molar-refractivity contribution in [1.82, 2.24) is 20.4 Å². The van der Waals surface area contributed by atoms with E-state index in [0.29, 0.717) is 24.9 Å². The number of carbonyl (C=O) groups excluding carboxylic acids is 1. The molecule has 0 spiro atoms. The Bertz CT molecular complexity index is 692. The molecule has 1 fully saturated rings. The molecular formula is C19H26N4O2. The van der Waals surface area contributed by atoms with Crippen molar-refractivity contribution in [2.75, 3.05) is 26.2 Å². The van der Waals surface area contributed by atoms with Crippen molar-refractivity contribution in [1.29, 1.82) is 0 Å². The van der Waals surface area contributed by atoms with E-state index in [2.05, 4.69) is 15.7 Å². The van der Waals surface area contributed by atoms with Gasteiger partial charge in [0.15, 0.2) is 0 Å². The van der Waals surface area contributed by atoms with Crippen LogP contribution < -0.4 is 15.4 Å². The highest BCUT2D eigenvalue weighted by Crippen LogP contribution is 2.16. The molecule has 1 aliphatic rings. The summed E-state index contributed by atoms with van der Waals surface area (Å²) in [6.07, 6.45) is 4.91. The third kappa shape index (κ3) is 4.82. The van der Waals surface area contributed by atoms with Gasteiger partial charge in [0.2, 0.25) is 0 Å². The molecule has 1 saturated heterocycles. The van der Waals surface area contributed by atoms with E-state index in [-0.39, 0.29) is 5.91 Å². The van der Waals surface area contributed by atoms with E-state index in [0.717, 1.165) is 43.7 Å². The van der Waals surface area contributed by atoms with Crippen molar-refractivity contribution in [3.63, 3.8) is 0 Å². The van der Waals surface area contributed by atoms with Gasteiger partial charge in [-0.3, -0.25) is 9.48 Å². The molecular weight excluding hydrogens is 316 g/mol. The van der Waals surface area contributed by atoms with Gasteiger partial charge in [0.05, 0.1) is 12.6 Å². The molecule has 1 aromatic heterocycles. The molecule has 134 valence electrons. The van der Waals surface area contributed by atoms with Gasteiger partial charge in [-0.15, -0.1) is 0 Å². The fourth-order valence-corrected chi connectivity index (χ4v) is 3.09. The summed E-state index contributed by atoms with van der Waals surface area (Å²) in [6, 6.07) is 10.1. The number of nitrogens with one attached hydrogen (secondary N) is 2. The largest absolute Gasteiger partial charge is 0.494 e. The number of rotatable bonds is 7. The predicted molar refractivity (Wildman–Crippen MR) is 97.0 cm³/mol. The second-order valence-corrected chi connectivity index (χ2v) is 6.27. The van der Waals surface area contributed by atoms with Gasteiger partial charge >= 0.3 is 0 Å². The first-order valence-corrected chi connectivity index (χ1v) is 9.02. The van der Waals surface area contributed by atoms with Crippen LogP contribution in [-0.4, -0.2) is 41.9 Å². The summed E-state index contributed by atoms with van der Waals surface area (Å²) in [7, 11) is 0. The van der Waals surface area contributed by atoms with Crippen LogP contribution in [0.5, 0.6) is 5.75 Å². The maximum absolute atomic E-state index is 12.3. The Kier molecular flexibility index (Phi) is 6.06. The topological polar surface area (TPSA) is 68.2 Å². The third-order valence-electron chi connectivity index (χ3n) is 4.39. The number of ether oxygens (including phenoxy) is 1. The minimum Gasteiger partial charge on any atom is -0.494 e. The molecule has 1 atom stereocenters. The van der Waals surface area contributed by atoms with E-state index in [4.69, 9.17) is 4.74 Å². The van der Waals surface area contributed by atoms with Crippen molar-refractivity contribution < 1.29 is 9.53 Å². The Labute approximate surface area is 148 Å². The Hall–Kier alpha value is -2.34. The minimum absolute atomic E-state index is 0.122. The van der Waals surface area contributed by atoms with E-state index < -0.39 is 0 Å². The minimum atomic E-state index is -0.122. The van der Waals surface area contributed by atoms with E-state index in [1.54, 1.807) is 6.07 Å². The lowest BCUT2D eigenvalue weighted by Gasteiger charge is -2.22. The van der Waals surface area contributed by atoms with Crippen LogP contribution in [0.4, 0.5) is 0 Å². The molecule has 3 rings (SSSR count). The molecule has 2 heterocycles. The molecule has 0 radical (unpaired) electrons. The molecule has 2 N–H and O–H groups in total. The van der Waals surface area contributed by atoms with Crippen LogP contribution in [0.15, 0.2) is 36.5 Å². The molecule has 25 heavy (non-hydrogen) atoms. The number of hydrogen-bond acceptors (Lipinski definition) is 4. The zero-order valence-electron chi connectivity index (χ0n) is 14.7. The standard InChI is InChI=1S/C19H26N4O2/c1-2-25-17-7-3-5-15(13-17)8-11-21-19(24)18-9-12-23(22-18)16-6-4-10-20-14-16/h3,5,7,9,12-13,16,20H,2,4,6,8,10-11,14H2,1H3,(H,21,24). The maximum atomic E-state index is 12.3. The summed E-state index contributed by atoms with van der Waals surface area (Å²) < 4.78 is 7.41. The van der Waals surface area contributed by atoms with Crippen LogP contribution in [0.3, 0.4) is 0 Å². The molecule has 1 aromatic carbocycles. The number of piperidine rings is 1. The fraction of sp³-hybridized carbons (Fsp3) is 0.474. The van der Waals surface area contributed by atoms with Crippen LogP contribution in [0.2, 0.25) is 0 Å². The average molecular weight is 342 g/mol. The third-order valence-corrected chi connectivity index (χ3v) is 4.39. The van der Waals surface area contributed by atoms with Gasteiger partial charge in [0.25, 0.3) is 5.91 Å². The van der Waals surface area contributed by atoms with Crippen molar-refractivity contribution in [2.45, 2.75) is 32.2 Å². The quantitative estimate of drug-likeness (QED) is 0.809. The van der Waals surface area contributed by atoms with E-state index in [1.807, 2.05) is 42.1 Å². The SMILES string of the molecule is CCOc1cccc(CCNC(=O)c2ccn(C3CCCNC3)n2)c1. The second-order valence-electron chi connectivity index (χ2n) is 6.27. The van der Waals surface area contributed by atoms with Crippen molar-refractivity contribution in [3.05, 3.63) is 47.8 Å². The van der Waals surface area contributed by atoms with E-state index >= 15 is 0 Å². The Morgan fingerprint density at radius 3 is 3.16 bits per heavy atom. The number of carbonyl (C=O) groups is 1. The summed E-state index contributed by atoms with van der Waals surface area (Å²) in [5, 5.41) is 10.8. The van der Waals surface area contributed by atoms with E-state index in [9.17, 15) is 4.79 Å². The molecule has 0 bridgehead atoms. The lowest BCUT2D eigenvalue weighted by atomic mass is 10.1. The summed E-state index contributed by atoms with van der Waals surface area (Å²) in [6.45, 7) is 5.18. The Morgan fingerprint density at radius 2 is 2.36 bits per heavy atom. The molecule has 6 nitrogen and oxygen atoms in total. The van der Waals surface area contributed by atoms with Crippen molar-refractivity contribution in [2.24, 2.45) is 0 Å². The Morgan fingerprint density at radius 1 is 1.44 bits per heavy atom. The molecule has 2 aromatic rings. The number of amides is 1. The number of nitrogens with zero attached hydrogens (tertiary/aromatic N) is 2. The maximum Gasteiger partial charge on any atom is 0.271 e. The highest BCUT2D eigenvalue weighted by atomic mass is 16.5. The van der Waals surface area contributed by atoms with Gasteiger partial charge in [-0.2, -0.15) is 5.10 Å². The van der Waals surface area contributed by atoms with Gasteiger partial charge in [0.1, 0.15) is 11.4 Å². The second kappa shape index (κ2) is 8.67. The van der Waals surface area contributed by atoms with Crippen LogP contribution in [0.1, 0.15) is 41.9 Å². The number of hydrogen-bond donors (Lipinski definition) is 2. The predicted octanol–water partition coefficient (Wildman–Crippen LogP) is 2.18. The lowest BCUT2D eigenvalue weighted by molar-refractivity contribution is 0.0948. The lowest BCUT2D eigenvalue weighted by Crippen LogP contribution is -2.32. The molecule has 6 heteroatoms. The first-order chi connectivity index (χ1) is 12.3. The first-order valence-electron chi connectivity index (χ1n) is 9.02. The van der Waals surface area contributed by atoms with Gasteiger partial charge in [-0.05, 0) is 56.5 Å². The average Bonchev–Trinajstić information content (AvgIpc) is 3.13. The normalized spacial score (nSPS) is 17.2. The van der Waals surface area contributed by atoms with Crippen molar-refractivity contribution >= 4 is 5.91 Å². The van der Waals surface area contributed by atoms with Crippen molar-refractivity contribution in [3.8, 4) is 5.75 Å². The zero-order valence-corrected chi connectivity index (χ0v) is 14.7. The Balaban J connectivity index is 1.49. The monoisotopic (exact) mass is 342 g/mol. The highest BCUT2D eigenvalue weighted by Gasteiger charge is 2.17. The summed E-state index contributed by atoms with van der Waals surface area (Å²) >= 11 is 0. The van der Waals surface area contributed by atoms with Crippen LogP contribution in [0, 0.1) is 0 Å². The molecule has 0 aliphatic carbocycles. The van der Waals surface area contributed by atoms with Gasteiger partial charge in [-0.1, -0.05) is 12.1 Å². The van der Waals surface area contributed by atoms with Crippen LogP contribution in [-0.2, 0) is 6.42 Å². The first kappa shape index (κ1) is 17.5. The van der Waals surface area contributed by atoms with E-state index in [1.165, 1.54) is 0 Å². The van der Waals surface area contributed by atoms with Gasteiger partial charge in [0, 0.05) is 19.3 Å². The smallest absolute Gasteiger partial charge is 0.271 e. The van der Waals surface area contributed by atoms with Crippen LogP contribution in [0.25, 0.3) is 0 Å². The summed E-state index contributed by atoms with van der Waals surface area (Å²) in [4.78, 5) is 12.3. The molecule has 0 saturated carbocycles. The molecule has 1 aliphatic heterocycles. The summed E-state index contributed by atoms with van der Waals surface area (Å²) in [5.74, 6) is 0.745. The molecule has 1 unspecified atom stereocenters. The number of benzene rings is 1. The number of aromatic nitrogens is 2. The van der Waals surface area contributed by atoms with Crippen LogP contribution >= 0.6 is 0 Å². The summed E-state index contributed by atoms with van der Waals surface area (Å²) in [5.41, 5.74) is 1.62. The van der Waals surface area contributed by atoms with Gasteiger partial charge in [-0.25, -0.2) is 0 Å². The fourth-order valence-electron chi connectivity index (χ4n) is 3.09. The zero-order chi connectivity index (χ0) is 17.5. The van der Waals surface area contributed by atoms with Gasteiger partial charge < -0.3 is 15.4 Å². The molecule has 1 amide bonds.